The van der Waals surface area contributed by atoms with E-state index in [4.69, 9.17) is 9.47 Å². The minimum Gasteiger partial charge on any atom is -0.348 e. The number of ether oxygens (including phenoxy) is 2. The summed E-state index contributed by atoms with van der Waals surface area (Å²) in [5.41, 5.74) is 1.43. The number of para-hydroxylation sites is 1. The van der Waals surface area contributed by atoms with Crippen LogP contribution in [-0.2, 0) is 25.5 Å². The lowest BCUT2D eigenvalue weighted by Crippen LogP contribution is -2.50. The first-order valence-electron chi connectivity index (χ1n) is 7.28. The van der Waals surface area contributed by atoms with Crippen LogP contribution in [0.5, 0.6) is 0 Å². The molecule has 0 atom stereocenters. The normalized spacial score (nSPS) is 17.8. The van der Waals surface area contributed by atoms with Gasteiger partial charge in [0, 0.05) is 12.6 Å². The summed E-state index contributed by atoms with van der Waals surface area (Å²) in [6, 6.07) is 7.09. The van der Waals surface area contributed by atoms with Gasteiger partial charge in [-0.05, 0) is 25.5 Å². The zero-order valence-electron chi connectivity index (χ0n) is 13.1. The number of hydrogen-bond acceptors (Lipinski definition) is 4. The Labute approximate surface area is 130 Å². The van der Waals surface area contributed by atoms with Crippen LogP contribution < -0.4 is 10.6 Å². The van der Waals surface area contributed by atoms with Crippen molar-refractivity contribution in [1.82, 2.24) is 5.32 Å². The molecule has 1 saturated heterocycles. The average molecular weight is 306 g/mol. The van der Waals surface area contributed by atoms with Gasteiger partial charge in [-0.25, -0.2) is 0 Å². The number of hydrogen-bond donors (Lipinski definition) is 2. The van der Waals surface area contributed by atoms with Gasteiger partial charge in [-0.15, -0.1) is 0 Å². The largest absolute Gasteiger partial charge is 0.348 e. The number of benzene rings is 1. The Bertz CT molecular complexity index is 547. The Hall–Kier alpha value is -1.92. The van der Waals surface area contributed by atoms with Crippen LogP contribution in [-0.4, -0.2) is 36.9 Å². The molecular formula is C16H22N2O4. The fourth-order valence-corrected chi connectivity index (χ4v) is 2.21. The van der Waals surface area contributed by atoms with Crippen LogP contribution in [0.3, 0.4) is 0 Å². The molecule has 1 aromatic carbocycles. The van der Waals surface area contributed by atoms with Crippen LogP contribution in [0.15, 0.2) is 24.3 Å². The zero-order valence-corrected chi connectivity index (χ0v) is 13.1. The first kappa shape index (κ1) is 16.5. The van der Waals surface area contributed by atoms with Crippen molar-refractivity contribution in [3.63, 3.8) is 0 Å². The molecule has 1 aliphatic rings. The highest BCUT2D eigenvalue weighted by Gasteiger charge is 2.29. The zero-order chi connectivity index (χ0) is 16.2. The highest BCUT2D eigenvalue weighted by molar-refractivity contribution is 5.91. The van der Waals surface area contributed by atoms with Crippen LogP contribution in [0, 0.1) is 0 Å². The average Bonchev–Trinajstić information content (AvgIpc) is 2.43. The lowest BCUT2D eigenvalue weighted by molar-refractivity contribution is -0.252. The van der Waals surface area contributed by atoms with E-state index in [1.54, 1.807) is 6.07 Å². The lowest BCUT2D eigenvalue weighted by Gasteiger charge is -2.35. The van der Waals surface area contributed by atoms with E-state index < -0.39 is 5.79 Å². The quantitative estimate of drug-likeness (QED) is 0.883. The molecule has 1 fully saturated rings. The summed E-state index contributed by atoms with van der Waals surface area (Å²) in [5.74, 6) is -0.891. The second kappa shape index (κ2) is 6.89. The van der Waals surface area contributed by atoms with Crippen LogP contribution in [0.2, 0.25) is 0 Å². The van der Waals surface area contributed by atoms with Gasteiger partial charge in [0.2, 0.25) is 11.8 Å². The van der Waals surface area contributed by atoms with Crippen molar-refractivity contribution < 1.29 is 19.1 Å². The highest BCUT2D eigenvalue weighted by Crippen LogP contribution is 2.18. The molecule has 0 bridgehead atoms. The molecule has 22 heavy (non-hydrogen) atoms. The number of carbonyl (C=O) groups excluding carboxylic acids is 2. The van der Waals surface area contributed by atoms with Gasteiger partial charge in [-0.3, -0.25) is 9.59 Å². The van der Waals surface area contributed by atoms with Crippen molar-refractivity contribution in [3.8, 4) is 0 Å². The summed E-state index contributed by atoms with van der Waals surface area (Å²) in [6.45, 7) is 5.97. The maximum Gasteiger partial charge on any atom is 0.224 e. The summed E-state index contributed by atoms with van der Waals surface area (Å²) in [4.78, 5) is 23.3. The molecule has 1 heterocycles. The molecule has 6 heteroatoms. The number of anilines is 1. The molecule has 2 N–H and O–H groups in total. The summed E-state index contributed by atoms with van der Waals surface area (Å²) < 4.78 is 11.0. The van der Waals surface area contributed by atoms with Crippen LogP contribution in [0.4, 0.5) is 5.69 Å². The fourth-order valence-electron chi connectivity index (χ4n) is 2.21. The molecule has 1 aliphatic heterocycles. The molecular weight excluding hydrogens is 284 g/mol. The minimum absolute atomic E-state index is 0.130. The summed E-state index contributed by atoms with van der Waals surface area (Å²) in [6.07, 6.45) is 0.191. The van der Waals surface area contributed by atoms with E-state index in [-0.39, 0.29) is 24.3 Å². The lowest BCUT2D eigenvalue weighted by atomic mass is 10.1. The minimum atomic E-state index is -0.598. The van der Waals surface area contributed by atoms with Gasteiger partial charge in [0.25, 0.3) is 0 Å². The van der Waals surface area contributed by atoms with Crippen molar-refractivity contribution >= 4 is 17.5 Å². The van der Waals surface area contributed by atoms with Gasteiger partial charge in [0.05, 0.1) is 25.7 Å². The molecule has 1 aromatic rings. The summed E-state index contributed by atoms with van der Waals surface area (Å²) >= 11 is 0. The Balaban J connectivity index is 1.91. The molecule has 2 rings (SSSR count). The SMILES string of the molecule is CC(=O)Nc1ccccc1CC(=O)NC1COC(C)(C)OC1. The predicted octanol–water partition coefficient (Wildman–Crippen LogP) is 1.46. The van der Waals surface area contributed by atoms with Gasteiger partial charge in [0.15, 0.2) is 5.79 Å². The Morgan fingerprint density at radius 3 is 2.50 bits per heavy atom. The number of amides is 2. The van der Waals surface area contributed by atoms with Crippen molar-refractivity contribution in [3.05, 3.63) is 29.8 Å². The van der Waals surface area contributed by atoms with Crippen molar-refractivity contribution in [2.75, 3.05) is 18.5 Å². The van der Waals surface area contributed by atoms with Crippen LogP contribution >= 0.6 is 0 Å². The third kappa shape index (κ3) is 4.82. The van der Waals surface area contributed by atoms with Gasteiger partial charge < -0.3 is 20.1 Å². The number of carbonyl (C=O) groups is 2. The standard InChI is InChI=1S/C16H22N2O4/c1-11(19)17-14-7-5-4-6-12(14)8-15(20)18-13-9-21-16(2,3)22-10-13/h4-7,13H,8-10H2,1-3H3,(H,17,19)(H,18,20). The molecule has 0 spiro atoms. The molecule has 0 aliphatic carbocycles. The summed E-state index contributed by atoms with van der Waals surface area (Å²) in [7, 11) is 0. The second-order valence-corrected chi connectivity index (χ2v) is 5.80. The van der Waals surface area contributed by atoms with E-state index in [2.05, 4.69) is 10.6 Å². The Morgan fingerprint density at radius 1 is 1.23 bits per heavy atom. The van der Waals surface area contributed by atoms with E-state index in [0.717, 1.165) is 5.56 Å². The number of rotatable bonds is 4. The highest BCUT2D eigenvalue weighted by atomic mass is 16.7. The molecule has 0 unspecified atom stereocenters. The van der Waals surface area contributed by atoms with Crippen LogP contribution in [0.1, 0.15) is 26.3 Å². The van der Waals surface area contributed by atoms with Crippen LogP contribution in [0.25, 0.3) is 0 Å². The maximum absolute atomic E-state index is 12.1. The van der Waals surface area contributed by atoms with Crippen molar-refractivity contribution in [2.24, 2.45) is 0 Å². The first-order chi connectivity index (χ1) is 10.4. The van der Waals surface area contributed by atoms with Crippen molar-refractivity contribution in [2.45, 2.75) is 39.0 Å². The van der Waals surface area contributed by atoms with E-state index in [9.17, 15) is 9.59 Å². The molecule has 0 aromatic heterocycles. The topological polar surface area (TPSA) is 76.7 Å². The summed E-state index contributed by atoms with van der Waals surface area (Å²) in [5, 5.41) is 5.61. The predicted molar refractivity (Wildman–Crippen MR) is 82.4 cm³/mol. The van der Waals surface area contributed by atoms with E-state index in [1.807, 2.05) is 32.0 Å². The first-order valence-corrected chi connectivity index (χ1v) is 7.28. The molecule has 120 valence electrons. The number of nitrogens with one attached hydrogen (secondary N) is 2. The molecule has 0 saturated carbocycles. The van der Waals surface area contributed by atoms with Gasteiger partial charge in [-0.1, -0.05) is 18.2 Å². The van der Waals surface area contributed by atoms with E-state index in [0.29, 0.717) is 18.9 Å². The third-order valence-corrected chi connectivity index (χ3v) is 3.31. The van der Waals surface area contributed by atoms with Gasteiger partial charge in [-0.2, -0.15) is 0 Å². The monoisotopic (exact) mass is 306 g/mol. The molecule has 0 radical (unpaired) electrons. The van der Waals surface area contributed by atoms with E-state index >= 15 is 0 Å². The Kier molecular flexibility index (Phi) is 5.15. The van der Waals surface area contributed by atoms with Gasteiger partial charge in [0.1, 0.15) is 0 Å². The van der Waals surface area contributed by atoms with Crippen molar-refractivity contribution in [1.29, 1.82) is 0 Å². The fraction of sp³-hybridized carbons (Fsp3) is 0.500. The van der Waals surface area contributed by atoms with E-state index in [1.165, 1.54) is 6.92 Å². The Morgan fingerprint density at radius 2 is 1.86 bits per heavy atom. The smallest absolute Gasteiger partial charge is 0.224 e. The molecule has 2 amide bonds. The second-order valence-electron chi connectivity index (χ2n) is 5.80. The van der Waals surface area contributed by atoms with Gasteiger partial charge >= 0.3 is 0 Å². The third-order valence-electron chi connectivity index (χ3n) is 3.31. The maximum atomic E-state index is 12.1. The molecule has 6 nitrogen and oxygen atoms in total.